The van der Waals surface area contributed by atoms with Crippen molar-refractivity contribution in [1.82, 2.24) is 0 Å². The van der Waals surface area contributed by atoms with Crippen LogP contribution in [0, 0.1) is 41.5 Å². The molecule has 0 saturated heterocycles. The van der Waals surface area contributed by atoms with E-state index < -0.39 is 0 Å². The fraction of sp³-hybridized carbons (Fsp3) is 0.115. The Bertz CT molecular complexity index is 3220. The average Bonchev–Trinajstić information content (AvgIpc) is 3.13. The van der Waals surface area contributed by atoms with E-state index in [-0.39, 0.29) is 0 Å². The molecular weight excluding hydrogens is 625 g/mol. The molecule has 0 radical (unpaired) electrons. The van der Waals surface area contributed by atoms with Gasteiger partial charge in [-0.15, -0.1) is 0 Å². The van der Waals surface area contributed by atoms with E-state index in [1.165, 1.54) is 153 Å². The highest BCUT2D eigenvalue weighted by molar-refractivity contribution is 6.55. The Labute approximate surface area is 302 Å². The maximum Gasteiger partial charge on any atom is -0.0000699 e. The summed E-state index contributed by atoms with van der Waals surface area (Å²) in [6.45, 7) is 13.7. The molecule has 0 aromatic heterocycles. The first-order valence-corrected chi connectivity index (χ1v) is 18.7. The maximum atomic E-state index is 2.46. The molecule has 0 N–H and O–H groups in total. The molecule has 0 saturated carbocycles. The van der Waals surface area contributed by atoms with Gasteiger partial charge in [-0.05, 0) is 183 Å². The summed E-state index contributed by atoms with van der Waals surface area (Å²) in [5.41, 5.74) is 13.5. The molecule has 0 amide bonds. The molecule has 0 aliphatic rings. The van der Waals surface area contributed by atoms with Gasteiger partial charge in [0.2, 0.25) is 0 Å². The van der Waals surface area contributed by atoms with E-state index in [4.69, 9.17) is 0 Å². The van der Waals surface area contributed by atoms with Gasteiger partial charge < -0.3 is 0 Å². The Morgan fingerprint density at radius 2 is 0.519 bits per heavy atom. The smallest absolute Gasteiger partial charge is 0.0000699 e. The molecular formula is C52H36. The highest BCUT2D eigenvalue weighted by Gasteiger charge is 2.30. The van der Waals surface area contributed by atoms with Crippen molar-refractivity contribution in [2.24, 2.45) is 0 Å². The minimum Gasteiger partial charge on any atom is -0.0616 e. The van der Waals surface area contributed by atoms with Crippen LogP contribution >= 0.6 is 0 Å². The van der Waals surface area contributed by atoms with Gasteiger partial charge in [-0.1, -0.05) is 120 Å². The van der Waals surface area contributed by atoms with E-state index in [9.17, 15) is 0 Å². The van der Waals surface area contributed by atoms with Crippen molar-refractivity contribution < 1.29 is 0 Å². The third-order valence-corrected chi connectivity index (χ3v) is 12.8. The lowest BCUT2D eigenvalue weighted by molar-refractivity contribution is 1.33. The number of hydrogen-bond donors (Lipinski definition) is 0. The molecule has 0 heteroatoms. The van der Waals surface area contributed by atoms with Crippen molar-refractivity contribution in [1.29, 1.82) is 0 Å². The lowest BCUT2D eigenvalue weighted by Crippen LogP contribution is -2.01. The first-order chi connectivity index (χ1) is 25.3. The quantitative estimate of drug-likeness (QED) is 0.128. The van der Waals surface area contributed by atoms with Crippen molar-refractivity contribution in [2.45, 2.75) is 41.5 Å². The van der Waals surface area contributed by atoms with Crippen LogP contribution in [0.1, 0.15) is 33.4 Å². The van der Waals surface area contributed by atoms with Crippen molar-refractivity contribution in [2.75, 3.05) is 0 Å². The minimum atomic E-state index is 1.32. The molecule has 0 aliphatic heterocycles. The van der Waals surface area contributed by atoms with Crippen molar-refractivity contribution >= 4 is 97.0 Å². The first kappa shape index (κ1) is 28.7. The first-order valence-electron chi connectivity index (χ1n) is 18.7. The summed E-state index contributed by atoms with van der Waals surface area (Å²) in [6.07, 6.45) is 0. The number of fused-ring (bicyclic) bond motifs is 4. The lowest BCUT2D eigenvalue weighted by Gasteiger charge is -2.29. The standard InChI is InChI=1S/C52H36/c1-25-21-27(3)41(28(4)22-25)45-37-15-9-13-33-34-14-10-16-38-44(34)52-50-40(46(38)42-29(5)23-26(2)24-30(42)6)20-18-36-32-12-8-7-11-31(32)35-17-19-39(45)49(47(35)48(36)50)51(52)43(33)37/h7-24H,1-6H3. The fourth-order valence-electron chi connectivity index (χ4n) is 11.3. The summed E-state index contributed by atoms with van der Waals surface area (Å²) >= 11 is 0. The van der Waals surface area contributed by atoms with Gasteiger partial charge in [-0.25, -0.2) is 0 Å². The van der Waals surface area contributed by atoms with Crippen LogP contribution < -0.4 is 0 Å². The van der Waals surface area contributed by atoms with Crippen LogP contribution in [0.4, 0.5) is 0 Å². The summed E-state index contributed by atoms with van der Waals surface area (Å²) in [5.74, 6) is 0. The number of hydrogen-bond acceptors (Lipinski definition) is 0. The summed E-state index contributed by atoms with van der Waals surface area (Å²) in [6, 6.07) is 42.6. The van der Waals surface area contributed by atoms with Gasteiger partial charge in [0, 0.05) is 0 Å². The van der Waals surface area contributed by atoms with Crippen LogP contribution in [0.25, 0.3) is 119 Å². The predicted molar refractivity (Wildman–Crippen MR) is 228 cm³/mol. The van der Waals surface area contributed by atoms with Gasteiger partial charge in [-0.2, -0.15) is 0 Å². The molecule has 12 aromatic carbocycles. The fourth-order valence-corrected chi connectivity index (χ4v) is 11.3. The van der Waals surface area contributed by atoms with Crippen LogP contribution in [0.3, 0.4) is 0 Å². The number of aryl methyl sites for hydroxylation is 6. The minimum absolute atomic E-state index is 1.32. The molecule has 0 spiro atoms. The summed E-state index contributed by atoms with van der Waals surface area (Å²) in [5, 5.41) is 24.9. The zero-order valence-electron chi connectivity index (χ0n) is 30.4. The van der Waals surface area contributed by atoms with Gasteiger partial charge in [-0.3, -0.25) is 0 Å². The van der Waals surface area contributed by atoms with Crippen molar-refractivity contribution in [3.05, 3.63) is 143 Å². The maximum absolute atomic E-state index is 2.46. The Morgan fingerprint density at radius 1 is 0.231 bits per heavy atom. The topological polar surface area (TPSA) is 0 Å². The third kappa shape index (κ3) is 3.22. The van der Waals surface area contributed by atoms with E-state index in [0.717, 1.165) is 0 Å². The van der Waals surface area contributed by atoms with Crippen LogP contribution in [0.2, 0.25) is 0 Å². The van der Waals surface area contributed by atoms with E-state index in [1.54, 1.807) is 0 Å². The molecule has 12 rings (SSSR count). The van der Waals surface area contributed by atoms with E-state index in [2.05, 4.69) is 151 Å². The molecule has 12 aromatic rings. The molecule has 52 heavy (non-hydrogen) atoms. The second kappa shape index (κ2) is 9.46. The van der Waals surface area contributed by atoms with Crippen LogP contribution in [0.5, 0.6) is 0 Å². The second-order valence-electron chi connectivity index (χ2n) is 15.9. The second-order valence-corrected chi connectivity index (χ2v) is 15.9. The van der Waals surface area contributed by atoms with Gasteiger partial charge in [0.25, 0.3) is 0 Å². The summed E-state index contributed by atoms with van der Waals surface area (Å²) in [4.78, 5) is 0. The van der Waals surface area contributed by atoms with Gasteiger partial charge in [0.05, 0.1) is 0 Å². The van der Waals surface area contributed by atoms with Crippen molar-refractivity contribution in [3.63, 3.8) is 0 Å². The van der Waals surface area contributed by atoms with E-state index in [0.29, 0.717) is 0 Å². The Balaban J connectivity index is 1.49. The zero-order chi connectivity index (χ0) is 34.9. The Kier molecular flexibility index (Phi) is 5.22. The highest BCUT2D eigenvalue weighted by atomic mass is 14.3. The monoisotopic (exact) mass is 660 g/mol. The van der Waals surface area contributed by atoms with Crippen molar-refractivity contribution in [3.8, 4) is 22.3 Å². The normalized spacial score (nSPS) is 12.8. The van der Waals surface area contributed by atoms with Gasteiger partial charge in [0.15, 0.2) is 0 Å². The van der Waals surface area contributed by atoms with Crippen LogP contribution in [-0.4, -0.2) is 0 Å². The van der Waals surface area contributed by atoms with Gasteiger partial charge >= 0.3 is 0 Å². The highest BCUT2D eigenvalue weighted by Crippen LogP contribution is 2.58. The predicted octanol–water partition coefficient (Wildman–Crippen LogP) is 15.0. The molecule has 244 valence electrons. The number of rotatable bonds is 2. The molecule has 0 heterocycles. The molecule has 0 unspecified atom stereocenters. The molecule has 0 fully saturated rings. The Morgan fingerprint density at radius 3 is 0.923 bits per heavy atom. The molecule has 0 nitrogen and oxygen atoms in total. The largest absolute Gasteiger partial charge is 0.0616 e. The third-order valence-electron chi connectivity index (χ3n) is 12.8. The summed E-state index contributed by atoms with van der Waals surface area (Å²) in [7, 11) is 0. The SMILES string of the molecule is Cc1cc(C)c(-c2c3cccc4c5cccc6c(-c7c(C)cc(C)cc7C)c7ccc8c9ccccc9c9ccc2c2c9c8c7c(c65)c2c34)c(C)c1. The zero-order valence-corrected chi connectivity index (χ0v) is 30.4. The molecule has 0 aliphatic carbocycles. The van der Waals surface area contributed by atoms with Crippen LogP contribution in [-0.2, 0) is 0 Å². The molecule has 0 atom stereocenters. The van der Waals surface area contributed by atoms with Crippen LogP contribution in [0.15, 0.2) is 109 Å². The lowest BCUT2D eigenvalue weighted by atomic mass is 9.74. The van der Waals surface area contributed by atoms with Gasteiger partial charge in [0.1, 0.15) is 0 Å². The molecule has 0 bridgehead atoms. The Hall–Kier alpha value is -5.98. The number of benzene rings is 12. The van der Waals surface area contributed by atoms with E-state index >= 15 is 0 Å². The van der Waals surface area contributed by atoms with E-state index in [1.807, 2.05) is 0 Å². The average molecular weight is 661 g/mol. The summed E-state index contributed by atoms with van der Waals surface area (Å²) < 4.78 is 0.